The summed E-state index contributed by atoms with van der Waals surface area (Å²) in [6.45, 7) is 7.69. The highest BCUT2D eigenvalue weighted by Crippen LogP contribution is 2.31. The van der Waals surface area contributed by atoms with Crippen LogP contribution in [-0.4, -0.2) is 55.2 Å². The van der Waals surface area contributed by atoms with Crippen LogP contribution in [0.25, 0.3) is 0 Å². The van der Waals surface area contributed by atoms with Crippen molar-refractivity contribution in [1.82, 2.24) is 9.80 Å². The molecule has 150 valence electrons. The van der Waals surface area contributed by atoms with Gasteiger partial charge in [-0.3, -0.25) is 4.90 Å². The maximum atomic E-state index is 6.20. The van der Waals surface area contributed by atoms with Crippen molar-refractivity contribution in [1.29, 1.82) is 0 Å². The molecule has 0 bridgehead atoms. The van der Waals surface area contributed by atoms with E-state index in [1.807, 2.05) is 12.1 Å². The molecular weight excluding hydrogens is 348 g/mol. The summed E-state index contributed by atoms with van der Waals surface area (Å²) < 4.78 is 11.6. The van der Waals surface area contributed by atoms with Crippen molar-refractivity contribution in [3.8, 4) is 11.5 Å². The zero-order valence-corrected chi connectivity index (χ0v) is 17.1. The molecule has 1 fully saturated rings. The highest BCUT2D eigenvalue weighted by Gasteiger charge is 2.29. The Bertz CT molecular complexity index is 756. The number of ether oxygens (including phenoxy) is 2. The van der Waals surface area contributed by atoms with Gasteiger partial charge in [-0.05, 0) is 50.9 Å². The molecular formula is C24H32N2O2. The minimum atomic E-state index is 0.199. The molecule has 2 aliphatic rings. The van der Waals surface area contributed by atoms with Gasteiger partial charge in [-0.15, -0.1) is 0 Å². The van der Waals surface area contributed by atoms with E-state index in [1.165, 1.54) is 43.6 Å². The molecule has 1 saturated heterocycles. The molecule has 4 nitrogen and oxygen atoms in total. The largest absolute Gasteiger partial charge is 0.497 e. The standard InChI is InChI=1S/C24H32N2O2/c1-19-17-26(18-21-8-9-23(27-2)16-24(21)28-19)22-11-14-25(15-12-22)13-10-20-6-4-3-5-7-20/h3-9,16,19,22H,10-15,17-18H2,1-2H3/t19-/m0/s1. The van der Waals surface area contributed by atoms with E-state index in [1.54, 1.807) is 7.11 Å². The van der Waals surface area contributed by atoms with Crippen molar-refractivity contribution >= 4 is 0 Å². The third-order valence-corrected chi connectivity index (χ3v) is 6.10. The summed E-state index contributed by atoms with van der Waals surface area (Å²) in [7, 11) is 1.71. The van der Waals surface area contributed by atoms with E-state index in [4.69, 9.17) is 9.47 Å². The quantitative estimate of drug-likeness (QED) is 0.783. The SMILES string of the molecule is COc1ccc2c(c1)O[C@@H](C)CN(C1CCN(CCc3ccccc3)CC1)C2. The van der Waals surface area contributed by atoms with Crippen molar-refractivity contribution in [2.45, 2.75) is 44.9 Å². The molecule has 2 aliphatic heterocycles. The molecule has 0 amide bonds. The van der Waals surface area contributed by atoms with Crippen LogP contribution in [0.15, 0.2) is 48.5 Å². The fourth-order valence-electron chi connectivity index (χ4n) is 4.49. The van der Waals surface area contributed by atoms with Crippen LogP contribution in [0.2, 0.25) is 0 Å². The number of methoxy groups -OCH3 is 1. The van der Waals surface area contributed by atoms with E-state index < -0.39 is 0 Å². The molecule has 28 heavy (non-hydrogen) atoms. The highest BCUT2D eigenvalue weighted by atomic mass is 16.5. The van der Waals surface area contributed by atoms with Crippen LogP contribution in [0, 0.1) is 0 Å². The van der Waals surface area contributed by atoms with Gasteiger partial charge in [0.25, 0.3) is 0 Å². The lowest BCUT2D eigenvalue weighted by Crippen LogP contribution is -2.46. The second kappa shape index (κ2) is 8.97. The van der Waals surface area contributed by atoms with Gasteiger partial charge in [0.1, 0.15) is 17.6 Å². The van der Waals surface area contributed by atoms with Crippen molar-refractivity contribution in [3.63, 3.8) is 0 Å². The number of benzene rings is 2. The molecule has 2 heterocycles. The van der Waals surface area contributed by atoms with Crippen LogP contribution < -0.4 is 9.47 Å². The summed E-state index contributed by atoms with van der Waals surface area (Å²) >= 11 is 0. The topological polar surface area (TPSA) is 24.9 Å². The Morgan fingerprint density at radius 3 is 2.61 bits per heavy atom. The van der Waals surface area contributed by atoms with Gasteiger partial charge in [0, 0.05) is 37.3 Å². The van der Waals surface area contributed by atoms with Crippen LogP contribution >= 0.6 is 0 Å². The average Bonchev–Trinajstić information content (AvgIpc) is 2.90. The monoisotopic (exact) mass is 380 g/mol. The molecule has 0 spiro atoms. The molecule has 0 radical (unpaired) electrons. The Morgan fingerprint density at radius 2 is 1.86 bits per heavy atom. The summed E-state index contributed by atoms with van der Waals surface area (Å²) in [5, 5.41) is 0. The van der Waals surface area contributed by atoms with Gasteiger partial charge >= 0.3 is 0 Å². The molecule has 2 aromatic rings. The van der Waals surface area contributed by atoms with Crippen LogP contribution in [-0.2, 0) is 13.0 Å². The van der Waals surface area contributed by atoms with E-state index >= 15 is 0 Å². The van der Waals surface area contributed by atoms with E-state index in [0.29, 0.717) is 6.04 Å². The van der Waals surface area contributed by atoms with E-state index in [2.05, 4.69) is 53.1 Å². The summed E-state index contributed by atoms with van der Waals surface area (Å²) in [6, 6.07) is 17.7. The summed E-state index contributed by atoms with van der Waals surface area (Å²) in [6.07, 6.45) is 3.83. The predicted molar refractivity (Wildman–Crippen MR) is 113 cm³/mol. The molecule has 4 heteroatoms. The summed E-state index contributed by atoms with van der Waals surface area (Å²) in [5.41, 5.74) is 2.71. The average molecular weight is 381 g/mol. The Balaban J connectivity index is 1.33. The van der Waals surface area contributed by atoms with Gasteiger partial charge in [0.2, 0.25) is 0 Å². The number of nitrogens with zero attached hydrogens (tertiary/aromatic N) is 2. The summed E-state index contributed by atoms with van der Waals surface area (Å²) in [4.78, 5) is 5.26. The smallest absolute Gasteiger partial charge is 0.127 e. The van der Waals surface area contributed by atoms with Crippen LogP contribution in [0.5, 0.6) is 11.5 Å². The first-order valence-corrected chi connectivity index (χ1v) is 10.5. The van der Waals surface area contributed by atoms with Crippen LogP contribution in [0.1, 0.15) is 30.9 Å². The number of piperidine rings is 1. The lowest BCUT2D eigenvalue weighted by molar-refractivity contribution is 0.0785. The molecule has 4 rings (SSSR count). The van der Waals surface area contributed by atoms with E-state index in [0.717, 1.165) is 31.0 Å². The third kappa shape index (κ3) is 4.68. The molecule has 0 aromatic heterocycles. The molecule has 0 unspecified atom stereocenters. The van der Waals surface area contributed by atoms with Gasteiger partial charge < -0.3 is 14.4 Å². The van der Waals surface area contributed by atoms with Crippen molar-refractivity contribution in [2.75, 3.05) is 33.3 Å². The molecule has 0 N–H and O–H groups in total. The number of fused-ring (bicyclic) bond motifs is 1. The fourth-order valence-corrected chi connectivity index (χ4v) is 4.49. The second-order valence-corrected chi connectivity index (χ2v) is 8.14. The van der Waals surface area contributed by atoms with Gasteiger partial charge in [0.05, 0.1) is 7.11 Å². The molecule has 2 aromatic carbocycles. The molecule has 0 aliphatic carbocycles. The van der Waals surface area contributed by atoms with Crippen molar-refractivity contribution < 1.29 is 9.47 Å². The third-order valence-electron chi connectivity index (χ3n) is 6.10. The second-order valence-electron chi connectivity index (χ2n) is 8.14. The van der Waals surface area contributed by atoms with Crippen molar-refractivity contribution in [2.24, 2.45) is 0 Å². The first-order valence-electron chi connectivity index (χ1n) is 10.5. The van der Waals surface area contributed by atoms with Gasteiger partial charge in [-0.2, -0.15) is 0 Å². The van der Waals surface area contributed by atoms with Crippen LogP contribution in [0.4, 0.5) is 0 Å². The molecule has 0 saturated carbocycles. The normalized spacial score (nSPS) is 21.6. The minimum absolute atomic E-state index is 0.199. The maximum absolute atomic E-state index is 6.20. The number of hydrogen-bond acceptors (Lipinski definition) is 4. The summed E-state index contributed by atoms with van der Waals surface area (Å²) in [5.74, 6) is 1.85. The highest BCUT2D eigenvalue weighted by molar-refractivity contribution is 5.41. The van der Waals surface area contributed by atoms with Crippen LogP contribution in [0.3, 0.4) is 0 Å². The Kier molecular flexibility index (Phi) is 6.18. The van der Waals surface area contributed by atoms with Gasteiger partial charge in [-0.25, -0.2) is 0 Å². The van der Waals surface area contributed by atoms with Crippen molar-refractivity contribution in [3.05, 3.63) is 59.7 Å². The number of likely N-dealkylation sites (tertiary alicyclic amines) is 1. The van der Waals surface area contributed by atoms with E-state index in [-0.39, 0.29) is 6.10 Å². The zero-order valence-electron chi connectivity index (χ0n) is 17.1. The number of hydrogen-bond donors (Lipinski definition) is 0. The predicted octanol–water partition coefficient (Wildman–Crippen LogP) is 3.99. The van der Waals surface area contributed by atoms with Gasteiger partial charge in [0.15, 0.2) is 0 Å². The fraction of sp³-hybridized carbons (Fsp3) is 0.500. The lowest BCUT2D eigenvalue weighted by Gasteiger charge is -2.38. The number of rotatable bonds is 5. The Morgan fingerprint density at radius 1 is 1.07 bits per heavy atom. The lowest BCUT2D eigenvalue weighted by atomic mass is 10.0. The van der Waals surface area contributed by atoms with E-state index in [9.17, 15) is 0 Å². The molecule has 1 atom stereocenters. The Labute approximate surface area is 169 Å². The van der Waals surface area contributed by atoms with Gasteiger partial charge in [-0.1, -0.05) is 36.4 Å². The minimum Gasteiger partial charge on any atom is -0.497 e. The Hall–Kier alpha value is -2.04. The maximum Gasteiger partial charge on any atom is 0.127 e. The zero-order chi connectivity index (χ0) is 19.3. The first kappa shape index (κ1) is 19.3. The first-order chi connectivity index (χ1) is 13.7.